The third-order valence-corrected chi connectivity index (χ3v) is 2.36. The first-order valence-corrected chi connectivity index (χ1v) is 5.06. The highest BCUT2D eigenvalue weighted by Gasteiger charge is 2.27. The van der Waals surface area contributed by atoms with Crippen LogP contribution in [0.2, 0.25) is 0 Å². The zero-order valence-electron chi connectivity index (χ0n) is 9.78. The van der Waals surface area contributed by atoms with E-state index < -0.39 is 11.4 Å². The Morgan fingerprint density at radius 3 is 2.12 bits per heavy atom. The standard InChI is InChI=1S/C11H16N4O2/c1-11(2,10(12)17)14-9(16)7-3-5-8(15-13)6-4-7/h3-6,15H,13H2,1-2H3,(H2,12,17)(H,14,16). The monoisotopic (exact) mass is 236 g/mol. The number of hydrazine groups is 1. The van der Waals surface area contributed by atoms with E-state index in [9.17, 15) is 9.59 Å². The van der Waals surface area contributed by atoms with Crippen molar-refractivity contribution in [2.75, 3.05) is 5.43 Å². The summed E-state index contributed by atoms with van der Waals surface area (Å²) in [5.74, 6) is 4.25. The van der Waals surface area contributed by atoms with E-state index in [-0.39, 0.29) is 5.91 Å². The maximum atomic E-state index is 11.8. The number of anilines is 1. The average Bonchev–Trinajstić information content (AvgIpc) is 2.28. The maximum Gasteiger partial charge on any atom is 0.252 e. The quantitative estimate of drug-likeness (QED) is 0.434. The minimum atomic E-state index is -1.08. The highest BCUT2D eigenvalue weighted by atomic mass is 16.2. The molecule has 2 amide bonds. The lowest BCUT2D eigenvalue weighted by Gasteiger charge is -2.22. The fourth-order valence-corrected chi connectivity index (χ4v) is 1.14. The van der Waals surface area contributed by atoms with Crippen molar-refractivity contribution in [1.29, 1.82) is 0 Å². The van der Waals surface area contributed by atoms with Gasteiger partial charge < -0.3 is 16.5 Å². The van der Waals surface area contributed by atoms with Crippen molar-refractivity contribution >= 4 is 17.5 Å². The van der Waals surface area contributed by atoms with E-state index in [1.807, 2.05) is 0 Å². The summed E-state index contributed by atoms with van der Waals surface area (Å²) in [6.07, 6.45) is 0. The Morgan fingerprint density at radius 1 is 1.18 bits per heavy atom. The molecule has 92 valence electrons. The number of amides is 2. The van der Waals surface area contributed by atoms with E-state index in [2.05, 4.69) is 10.7 Å². The number of nitrogens with two attached hydrogens (primary N) is 2. The van der Waals surface area contributed by atoms with E-state index in [4.69, 9.17) is 11.6 Å². The Labute approximate surface area is 99.3 Å². The summed E-state index contributed by atoms with van der Waals surface area (Å²) in [5.41, 5.74) is 7.65. The third-order valence-electron chi connectivity index (χ3n) is 2.36. The highest BCUT2D eigenvalue weighted by Crippen LogP contribution is 2.09. The summed E-state index contributed by atoms with van der Waals surface area (Å²) < 4.78 is 0. The minimum Gasteiger partial charge on any atom is -0.368 e. The first-order chi connectivity index (χ1) is 7.86. The fourth-order valence-electron chi connectivity index (χ4n) is 1.14. The van der Waals surface area contributed by atoms with Crippen LogP contribution in [-0.4, -0.2) is 17.4 Å². The average molecular weight is 236 g/mol. The SMILES string of the molecule is CC(C)(NC(=O)c1ccc(NN)cc1)C(N)=O. The second-order valence-corrected chi connectivity index (χ2v) is 4.17. The van der Waals surface area contributed by atoms with Crippen molar-refractivity contribution in [3.63, 3.8) is 0 Å². The van der Waals surface area contributed by atoms with Crippen LogP contribution in [0, 0.1) is 0 Å². The molecule has 0 aliphatic carbocycles. The molecule has 0 radical (unpaired) electrons. The molecule has 1 rings (SSSR count). The molecule has 0 atom stereocenters. The lowest BCUT2D eigenvalue weighted by Crippen LogP contribution is -2.52. The summed E-state index contributed by atoms with van der Waals surface area (Å²) >= 11 is 0. The number of carbonyl (C=O) groups is 2. The van der Waals surface area contributed by atoms with Crippen LogP contribution in [0.25, 0.3) is 0 Å². The number of primary amides is 1. The number of nitrogen functional groups attached to an aromatic ring is 1. The smallest absolute Gasteiger partial charge is 0.252 e. The summed E-state index contributed by atoms with van der Waals surface area (Å²) in [6.45, 7) is 3.09. The number of hydrogen-bond acceptors (Lipinski definition) is 4. The van der Waals surface area contributed by atoms with Gasteiger partial charge in [-0.15, -0.1) is 0 Å². The summed E-state index contributed by atoms with van der Waals surface area (Å²) in [7, 11) is 0. The normalized spacial score (nSPS) is 10.8. The van der Waals surface area contributed by atoms with Crippen molar-refractivity contribution < 1.29 is 9.59 Å². The number of carbonyl (C=O) groups excluding carboxylic acids is 2. The zero-order valence-corrected chi connectivity index (χ0v) is 9.78. The molecular formula is C11H16N4O2. The van der Waals surface area contributed by atoms with Gasteiger partial charge in [-0.2, -0.15) is 0 Å². The van der Waals surface area contributed by atoms with Crippen molar-refractivity contribution in [2.24, 2.45) is 11.6 Å². The van der Waals surface area contributed by atoms with Gasteiger partial charge in [-0.1, -0.05) is 0 Å². The molecule has 6 N–H and O–H groups in total. The fraction of sp³-hybridized carbons (Fsp3) is 0.273. The number of benzene rings is 1. The Morgan fingerprint density at radius 2 is 1.71 bits per heavy atom. The topological polar surface area (TPSA) is 110 Å². The molecule has 0 aliphatic rings. The molecule has 0 fully saturated rings. The van der Waals surface area contributed by atoms with E-state index in [1.165, 1.54) is 0 Å². The molecule has 0 aromatic heterocycles. The van der Waals surface area contributed by atoms with Gasteiger partial charge in [0.25, 0.3) is 5.91 Å². The highest BCUT2D eigenvalue weighted by molar-refractivity contribution is 5.98. The second-order valence-electron chi connectivity index (χ2n) is 4.17. The van der Waals surface area contributed by atoms with Gasteiger partial charge in [0.2, 0.25) is 5.91 Å². The summed E-state index contributed by atoms with van der Waals surface area (Å²) in [5, 5.41) is 2.54. The van der Waals surface area contributed by atoms with Gasteiger partial charge in [0, 0.05) is 11.3 Å². The molecule has 0 saturated heterocycles. The van der Waals surface area contributed by atoms with Crippen molar-refractivity contribution in [1.82, 2.24) is 5.32 Å². The first-order valence-electron chi connectivity index (χ1n) is 5.06. The van der Waals surface area contributed by atoms with Gasteiger partial charge >= 0.3 is 0 Å². The van der Waals surface area contributed by atoms with Gasteiger partial charge in [0.1, 0.15) is 5.54 Å². The van der Waals surface area contributed by atoms with Crippen LogP contribution in [-0.2, 0) is 4.79 Å². The Hall–Kier alpha value is -2.08. The molecule has 6 nitrogen and oxygen atoms in total. The van der Waals surface area contributed by atoms with E-state index in [0.29, 0.717) is 11.3 Å². The summed E-state index contributed by atoms with van der Waals surface area (Å²) in [6, 6.07) is 6.52. The van der Waals surface area contributed by atoms with Crippen LogP contribution in [0.5, 0.6) is 0 Å². The van der Waals surface area contributed by atoms with Gasteiger partial charge in [-0.25, -0.2) is 0 Å². The van der Waals surface area contributed by atoms with E-state index in [1.54, 1.807) is 38.1 Å². The van der Waals surface area contributed by atoms with Gasteiger partial charge in [0.15, 0.2) is 0 Å². The first kappa shape index (κ1) is 13.0. The molecular weight excluding hydrogens is 220 g/mol. The lowest BCUT2D eigenvalue weighted by molar-refractivity contribution is -0.122. The van der Waals surface area contributed by atoms with Crippen LogP contribution in [0.15, 0.2) is 24.3 Å². The molecule has 17 heavy (non-hydrogen) atoms. The van der Waals surface area contributed by atoms with Gasteiger partial charge in [-0.3, -0.25) is 15.4 Å². The summed E-state index contributed by atoms with van der Waals surface area (Å²) in [4.78, 5) is 22.9. The molecule has 0 unspecified atom stereocenters. The molecule has 1 aromatic carbocycles. The van der Waals surface area contributed by atoms with Gasteiger partial charge in [-0.05, 0) is 38.1 Å². The predicted octanol–water partition coefficient (Wildman–Crippen LogP) is -0.0341. The van der Waals surface area contributed by atoms with Crippen LogP contribution >= 0.6 is 0 Å². The van der Waals surface area contributed by atoms with Gasteiger partial charge in [0.05, 0.1) is 0 Å². The maximum absolute atomic E-state index is 11.8. The number of nitrogens with one attached hydrogen (secondary N) is 2. The number of hydrogen-bond donors (Lipinski definition) is 4. The van der Waals surface area contributed by atoms with E-state index in [0.717, 1.165) is 0 Å². The van der Waals surface area contributed by atoms with Crippen molar-refractivity contribution in [3.05, 3.63) is 29.8 Å². The molecule has 0 heterocycles. The van der Waals surface area contributed by atoms with Crippen LogP contribution in [0.4, 0.5) is 5.69 Å². The second kappa shape index (κ2) is 4.84. The molecule has 6 heteroatoms. The molecule has 0 bridgehead atoms. The predicted molar refractivity (Wildman–Crippen MR) is 65.0 cm³/mol. The van der Waals surface area contributed by atoms with Crippen LogP contribution in [0.1, 0.15) is 24.2 Å². The van der Waals surface area contributed by atoms with Crippen molar-refractivity contribution in [3.8, 4) is 0 Å². The molecule has 0 aliphatic heterocycles. The minimum absolute atomic E-state index is 0.364. The molecule has 0 saturated carbocycles. The third kappa shape index (κ3) is 3.18. The molecule has 1 aromatic rings. The van der Waals surface area contributed by atoms with Crippen LogP contribution < -0.4 is 22.3 Å². The van der Waals surface area contributed by atoms with Crippen molar-refractivity contribution in [2.45, 2.75) is 19.4 Å². The lowest BCUT2D eigenvalue weighted by atomic mass is 10.0. The molecule has 0 spiro atoms. The van der Waals surface area contributed by atoms with Crippen LogP contribution in [0.3, 0.4) is 0 Å². The Kier molecular flexibility index (Phi) is 3.69. The Bertz CT molecular complexity index is 426. The van der Waals surface area contributed by atoms with E-state index >= 15 is 0 Å². The Balaban J connectivity index is 2.80. The largest absolute Gasteiger partial charge is 0.368 e. The number of rotatable bonds is 4. The zero-order chi connectivity index (χ0) is 13.1.